The molecular weight excluding hydrogens is 334 g/mol. The van der Waals surface area contributed by atoms with Crippen molar-refractivity contribution in [2.45, 2.75) is 33.4 Å². The molecule has 0 aliphatic heterocycles. The van der Waals surface area contributed by atoms with Crippen molar-refractivity contribution in [3.63, 3.8) is 0 Å². The van der Waals surface area contributed by atoms with Crippen LogP contribution in [-0.4, -0.2) is 16.5 Å². The van der Waals surface area contributed by atoms with Gasteiger partial charge in [-0.05, 0) is 50.6 Å². The minimum atomic E-state index is 0.0423. The SMILES string of the molecule is Cc1ccc(C(=O)c2cccn2C/C=C/c2cccc(OC(C)C)c2)cc1. The summed E-state index contributed by atoms with van der Waals surface area (Å²) in [5.74, 6) is 0.907. The largest absolute Gasteiger partial charge is 0.491 e. The predicted molar refractivity (Wildman–Crippen MR) is 110 cm³/mol. The van der Waals surface area contributed by atoms with Crippen molar-refractivity contribution in [2.24, 2.45) is 0 Å². The Kier molecular flexibility index (Phi) is 5.92. The summed E-state index contributed by atoms with van der Waals surface area (Å²) in [7, 11) is 0. The topological polar surface area (TPSA) is 31.2 Å². The van der Waals surface area contributed by atoms with Gasteiger partial charge >= 0.3 is 0 Å². The minimum Gasteiger partial charge on any atom is -0.491 e. The molecule has 3 aromatic rings. The quantitative estimate of drug-likeness (QED) is 0.520. The molecule has 27 heavy (non-hydrogen) atoms. The Labute approximate surface area is 160 Å². The van der Waals surface area contributed by atoms with Gasteiger partial charge in [0.15, 0.2) is 0 Å². The third-order valence-electron chi connectivity index (χ3n) is 4.22. The van der Waals surface area contributed by atoms with E-state index in [9.17, 15) is 4.79 Å². The maximum Gasteiger partial charge on any atom is 0.209 e. The number of benzene rings is 2. The lowest BCUT2D eigenvalue weighted by molar-refractivity contribution is 0.103. The van der Waals surface area contributed by atoms with E-state index in [1.807, 2.05) is 98.3 Å². The molecule has 138 valence electrons. The molecule has 3 rings (SSSR count). The Morgan fingerprint density at radius 3 is 2.59 bits per heavy atom. The first-order valence-electron chi connectivity index (χ1n) is 9.23. The lowest BCUT2D eigenvalue weighted by Crippen LogP contribution is -2.09. The van der Waals surface area contributed by atoms with Crippen LogP contribution in [0.1, 0.15) is 41.0 Å². The van der Waals surface area contributed by atoms with E-state index < -0.39 is 0 Å². The highest BCUT2D eigenvalue weighted by atomic mass is 16.5. The van der Waals surface area contributed by atoms with Crippen LogP contribution < -0.4 is 4.74 Å². The van der Waals surface area contributed by atoms with E-state index in [0.29, 0.717) is 17.8 Å². The molecule has 1 heterocycles. The molecule has 0 unspecified atom stereocenters. The number of hydrogen-bond donors (Lipinski definition) is 0. The predicted octanol–water partition coefficient (Wildman–Crippen LogP) is 5.53. The Morgan fingerprint density at radius 1 is 1.07 bits per heavy atom. The molecule has 0 saturated carbocycles. The van der Waals surface area contributed by atoms with Crippen molar-refractivity contribution in [3.05, 3.63) is 95.3 Å². The summed E-state index contributed by atoms with van der Waals surface area (Å²) >= 11 is 0. The molecule has 0 amide bonds. The second kappa shape index (κ2) is 8.54. The molecule has 0 aliphatic carbocycles. The molecule has 0 atom stereocenters. The molecule has 0 bridgehead atoms. The van der Waals surface area contributed by atoms with Crippen molar-refractivity contribution < 1.29 is 9.53 Å². The van der Waals surface area contributed by atoms with Gasteiger partial charge in [-0.15, -0.1) is 0 Å². The van der Waals surface area contributed by atoms with Crippen LogP contribution in [0, 0.1) is 6.92 Å². The summed E-state index contributed by atoms with van der Waals surface area (Å²) in [6.45, 7) is 6.68. The zero-order valence-electron chi connectivity index (χ0n) is 16.1. The number of carbonyl (C=O) groups is 1. The van der Waals surface area contributed by atoms with Gasteiger partial charge in [0.25, 0.3) is 0 Å². The number of nitrogens with zero attached hydrogens (tertiary/aromatic N) is 1. The highest BCUT2D eigenvalue weighted by molar-refractivity contribution is 6.08. The molecule has 0 spiro atoms. The smallest absolute Gasteiger partial charge is 0.209 e. The zero-order valence-corrected chi connectivity index (χ0v) is 16.1. The van der Waals surface area contributed by atoms with Crippen molar-refractivity contribution in [1.29, 1.82) is 0 Å². The molecular formula is C24H25NO2. The van der Waals surface area contributed by atoms with E-state index in [0.717, 1.165) is 16.9 Å². The van der Waals surface area contributed by atoms with E-state index in [2.05, 4.69) is 6.08 Å². The van der Waals surface area contributed by atoms with Gasteiger partial charge in [-0.1, -0.05) is 54.1 Å². The Morgan fingerprint density at radius 2 is 1.85 bits per heavy atom. The number of ketones is 1. The zero-order chi connectivity index (χ0) is 19.2. The molecule has 0 saturated heterocycles. The molecule has 0 aliphatic rings. The van der Waals surface area contributed by atoms with Crippen LogP contribution in [0.5, 0.6) is 5.75 Å². The van der Waals surface area contributed by atoms with Crippen molar-refractivity contribution >= 4 is 11.9 Å². The summed E-state index contributed by atoms with van der Waals surface area (Å²) < 4.78 is 7.70. The third kappa shape index (κ3) is 4.98. The molecule has 1 aromatic heterocycles. The number of ether oxygens (including phenoxy) is 1. The van der Waals surface area contributed by atoms with Crippen LogP contribution in [-0.2, 0) is 6.54 Å². The standard InChI is InChI=1S/C24H25NO2/c1-18(2)27-22-9-4-7-20(17-22)8-5-15-25-16-6-10-23(25)24(26)21-13-11-19(3)12-14-21/h4-14,16-18H,15H2,1-3H3/b8-5+. The molecule has 3 heteroatoms. The highest BCUT2D eigenvalue weighted by Gasteiger charge is 2.12. The van der Waals surface area contributed by atoms with Crippen molar-refractivity contribution in [1.82, 2.24) is 4.57 Å². The Bertz CT molecular complexity index is 933. The number of aromatic nitrogens is 1. The van der Waals surface area contributed by atoms with Crippen LogP contribution in [0.15, 0.2) is 72.9 Å². The fourth-order valence-corrected chi connectivity index (χ4v) is 2.90. The first-order valence-corrected chi connectivity index (χ1v) is 9.23. The van der Waals surface area contributed by atoms with Gasteiger partial charge in [0.1, 0.15) is 5.75 Å². The molecule has 0 radical (unpaired) electrons. The van der Waals surface area contributed by atoms with Crippen LogP contribution in [0.25, 0.3) is 6.08 Å². The second-order valence-electron chi connectivity index (χ2n) is 6.88. The van der Waals surface area contributed by atoms with E-state index in [1.54, 1.807) is 0 Å². The van der Waals surface area contributed by atoms with Gasteiger partial charge in [-0.2, -0.15) is 0 Å². The van der Waals surface area contributed by atoms with Crippen LogP contribution in [0.3, 0.4) is 0 Å². The van der Waals surface area contributed by atoms with Crippen LogP contribution in [0.2, 0.25) is 0 Å². The Hall–Kier alpha value is -3.07. The Balaban J connectivity index is 1.71. The van der Waals surface area contributed by atoms with Crippen molar-refractivity contribution in [3.8, 4) is 5.75 Å². The summed E-state index contributed by atoms with van der Waals surface area (Å²) in [4.78, 5) is 12.8. The summed E-state index contributed by atoms with van der Waals surface area (Å²) in [6.07, 6.45) is 6.19. The maximum atomic E-state index is 12.8. The van der Waals surface area contributed by atoms with Gasteiger partial charge in [0.05, 0.1) is 11.8 Å². The molecule has 3 nitrogen and oxygen atoms in total. The first kappa shape index (κ1) is 18.7. The second-order valence-corrected chi connectivity index (χ2v) is 6.88. The first-order chi connectivity index (χ1) is 13.0. The van der Waals surface area contributed by atoms with Crippen LogP contribution in [0.4, 0.5) is 0 Å². The number of rotatable bonds is 7. The fourth-order valence-electron chi connectivity index (χ4n) is 2.90. The van der Waals surface area contributed by atoms with Gasteiger partial charge in [0.2, 0.25) is 5.78 Å². The van der Waals surface area contributed by atoms with Gasteiger partial charge in [-0.3, -0.25) is 4.79 Å². The summed E-state index contributed by atoms with van der Waals surface area (Å²) in [6, 6.07) is 19.5. The normalized spacial score (nSPS) is 11.3. The van der Waals surface area contributed by atoms with E-state index in [4.69, 9.17) is 4.74 Å². The number of allylic oxidation sites excluding steroid dienone is 1. The van der Waals surface area contributed by atoms with Gasteiger partial charge in [-0.25, -0.2) is 0 Å². The van der Waals surface area contributed by atoms with E-state index in [1.165, 1.54) is 0 Å². The number of aryl methyl sites for hydroxylation is 1. The van der Waals surface area contributed by atoms with Gasteiger partial charge < -0.3 is 9.30 Å². The summed E-state index contributed by atoms with van der Waals surface area (Å²) in [5, 5.41) is 0. The average Bonchev–Trinajstić information content (AvgIpc) is 3.10. The summed E-state index contributed by atoms with van der Waals surface area (Å²) in [5.41, 5.74) is 3.63. The lowest BCUT2D eigenvalue weighted by atomic mass is 10.1. The number of hydrogen-bond acceptors (Lipinski definition) is 2. The van der Waals surface area contributed by atoms with Gasteiger partial charge in [0, 0.05) is 18.3 Å². The fraction of sp³-hybridized carbons (Fsp3) is 0.208. The minimum absolute atomic E-state index is 0.0423. The highest BCUT2D eigenvalue weighted by Crippen LogP contribution is 2.17. The third-order valence-corrected chi connectivity index (χ3v) is 4.22. The van der Waals surface area contributed by atoms with E-state index in [-0.39, 0.29) is 11.9 Å². The monoisotopic (exact) mass is 359 g/mol. The molecule has 2 aromatic carbocycles. The lowest BCUT2D eigenvalue weighted by Gasteiger charge is -2.10. The number of carbonyl (C=O) groups excluding carboxylic acids is 1. The molecule has 0 N–H and O–H groups in total. The van der Waals surface area contributed by atoms with Crippen molar-refractivity contribution in [2.75, 3.05) is 0 Å². The maximum absolute atomic E-state index is 12.8. The molecule has 0 fully saturated rings. The average molecular weight is 359 g/mol. The van der Waals surface area contributed by atoms with E-state index >= 15 is 0 Å². The van der Waals surface area contributed by atoms with Crippen LogP contribution >= 0.6 is 0 Å².